The fraction of sp³-hybridized carbons (Fsp3) is 0.300. The lowest BCUT2D eigenvalue weighted by Gasteiger charge is -2.16. The summed E-state index contributed by atoms with van der Waals surface area (Å²) < 4.78 is 2.07. The van der Waals surface area contributed by atoms with Gasteiger partial charge in [-0.3, -0.25) is 4.57 Å². The van der Waals surface area contributed by atoms with Crippen LogP contribution in [0.25, 0.3) is 5.69 Å². The van der Waals surface area contributed by atoms with Crippen molar-refractivity contribution in [3.8, 4) is 5.69 Å². The molecule has 0 amide bonds. The Balaban J connectivity index is 1.46. The van der Waals surface area contributed by atoms with Crippen molar-refractivity contribution in [2.75, 3.05) is 20.1 Å². The van der Waals surface area contributed by atoms with Crippen LogP contribution in [0.15, 0.2) is 67.0 Å². The number of aryl methyl sites for hydroxylation is 1. The molecule has 0 spiro atoms. The predicted octanol–water partition coefficient (Wildman–Crippen LogP) is 3.37. The van der Waals surface area contributed by atoms with Crippen LogP contribution in [0.2, 0.25) is 0 Å². The van der Waals surface area contributed by atoms with Crippen LogP contribution in [0.4, 0.5) is 0 Å². The zero-order valence-corrected chi connectivity index (χ0v) is 14.2. The van der Waals surface area contributed by atoms with Crippen LogP contribution in [-0.2, 0) is 12.8 Å². The first kappa shape index (κ1) is 16.4. The molecule has 0 N–H and O–H groups in total. The summed E-state index contributed by atoms with van der Waals surface area (Å²) >= 11 is 0. The second kappa shape index (κ2) is 8.41. The first-order valence-corrected chi connectivity index (χ1v) is 8.50. The summed E-state index contributed by atoms with van der Waals surface area (Å²) in [5.41, 5.74) is 2.52. The van der Waals surface area contributed by atoms with Crippen LogP contribution < -0.4 is 0 Å². The van der Waals surface area contributed by atoms with Gasteiger partial charge < -0.3 is 4.90 Å². The third-order valence-electron chi connectivity index (χ3n) is 4.22. The van der Waals surface area contributed by atoms with Gasteiger partial charge in [0.05, 0.1) is 0 Å². The molecule has 0 bridgehead atoms. The molecule has 124 valence electrons. The largest absolute Gasteiger partial charge is 0.306 e. The molecule has 0 saturated carbocycles. The van der Waals surface area contributed by atoms with Crippen LogP contribution in [0.1, 0.15) is 17.8 Å². The zero-order valence-electron chi connectivity index (χ0n) is 14.2. The predicted molar refractivity (Wildman–Crippen MR) is 97.3 cm³/mol. The van der Waals surface area contributed by atoms with E-state index in [9.17, 15) is 0 Å². The van der Waals surface area contributed by atoms with Gasteiger partial charge in [0.25, 0.3) is 0 Å². The van der Waals surface area contributed by atoms with Crippen molar-refractivity contribution in [2.45, 2.75) is 19.3 Å². The van der Waals surface area contributed by atoms with Crippen molar-refractivity contribution in [2.24, 2.45) is 0 Å². The molecule has 0 aliphatic rings. The van der Waals surface area contributed by atoms with Crippen LogP contribution in [-0.4, -0.2) is 39.8 Å². The van der Waals surface area contributed by atoms with E-state index in [1.54, 1.807) is 6.33 Å². The van der Waals surface area contributed by atoms with Gasteiger partial charge in [-0.15, -0.1) is 10.2 Å². The number of likely N-dealkylation sites (N-methyl/N-ethyl adjacent to an activating group) is 1. The topological polar surface area (TPSA) is 34.0 Å². The number of benzene rings is 2. The van der Waals surface area contributed by atoms with Crippen molar-refractivity contribution >= 4 is 0 Å². The fourth-order valence-electron chi connectivity index (χ4n) is 2.82. The summed E-state index contributed by atoms with van der Waals surface area (Å²) in [6, 6.07) is 20.9. The Morgan fingerprint density at radius 3 is 2.33 bits per heavy atom. The average Bonchev–Trinajstić information content (AvgIpc) is 3.10. The van der Waals surface area contributed by atoms with Gasteiger partial charge >= 0.3 is 0 Å². The molecule has 0 radical (unpaired) electrons. The van der Waals surface area contributed by atoms with E-state index >= 15 is 0 Å². The van der Waals surface area contributed by atoms with E-state index in [2.05, 4.69) is 69.2 Å². The molecule has 0 fully saturated rings. The minimum Gasteiger partial charge on any atom is -0.306 e. The molecule has 3 rings (SSSR count). The maximum absolute atomic E-state index is 4.28. The number of nitrogens with zero attached hydrogens (tertiary/aromatic N) is 4. The van der Waals surface area contributed by atoms with Gasteiger partial charge in [0, 0.05) is 18.7 Å². The SMILES string of the molecule is CN(CCCc1nncn1-c1ccccc1)CCc1ccccc1. The lowest BCUT2D eigenvalue weighted by molar-refractivity contribution is 0.332. The highest BCUT2D eigenvalue weighted by Gasteiger charge is 2.07. The quantitative estimate of drug-likeness (QED) is 0.638. The lowest BCUT2D eigenvalue weighted by atomic mass is 10.1. The Morgan fingerprint density at radius 2 is 1.58 bits per heavy atom. The van der Waals surface area contributed by atoms with Crippen molar-refractivity contribution in [3.05, 3.63) is 78.4 Å². The van der Waals surface area contributed by atoms with Crippen molar-refractivity contribution in [1.29, 1.82) is 0 Å². The summed E-state index contributed by atoms with van der Waals surface area (Å²) in [6.45, 7) is 2.14. The van der Waals surface area contributed by atoms with E-state index in [0.29, 0.717) is 0 Å². The van der Waals surface area contributed by atoms with E-state index in [4.69, 9.17) is 0 Å². The Labute approximate surface area is 143 Å². The minimum atomic E-state index is 0.935. The third-order valence-corrected chi connectivity index (χ3v) is 4.22. The minimum absolute atomic E-state index is 0.935. The number of hydrogen-bond acceptors (Lipinski definition) is 3. The molecule has 0 unspecified atom stereocenters. The summed E-state index contributed by atoms with van der Waals surface area (Å²) in [7, 11) is 2.19. The molecule has 0 aliphatic carbocycles. The maximum atomic E-state index is 4.28. The monoisotopic (exact) mass is 320 g/mol. The van der Waals surface area contributed by atoms with Gasteiger partial charge in [-0.2, -0.15) is 0 Å². The molecular formula is C20H24N4. The molecule has 0 atom stereocenters. The molecule has 4 heteroatoms. The van der Waals surface area contributed by atoms with E-state index < -0.39 is 0 Å². The second-order valence-electron chi connectivity index (χ2n) is 6.10. The van der Waals surface area contributed by atoms with E-state index in [0.717, 1.165) is 43.9 Å². The molecule has 4 nitrogen and oxygen atoms in total. The highest BCUT2D eigenvalue weighted by molar-refractivity contribution is 5.31. The van der Waals surface area contributed by atoms with Crippen molar-refractivity contribution in [1.82, 2.24) is 19.7 Å². The third kappa shape index (κ3) is 4.52. The first-order valence-electron chi connectivity index (χ1n) is 8.50. The van der Waals surface area contributed by atoms with Gasteiger partial charge in [0.15, 0.2) is 0 Å². The normalized spacial score (nSPS) is 11.1. The Hall–Kier alpha value is -2.46. The highest BCUT2D eigenvalue weighted by atomic mass is 15.3. The van der Waals surface area contributed by atoms with Gasteiger partial charge in [-0.05, 0) is 44.1 Å². The smallest absolute Gasteiger partial charge is 0.137 e. The molecule has 1 heterocycles. The number of para-hydroxylation sites is 1. The van der Waals surface area contributed by atoms with E-state index in [1.807, 2.05) is 18.2 Å². The van der Waals surface area contributed by atoms with Crippen molar-refractivity contribution < 1.29 is 0 Å². The Bertz CT molecular complexity index is 722. The van der Waals surface area contributed by atoms with Gasteiger partial charge in [-0.1, -0.05) is 48.5 Å². The summed E-state index contributed by atoms with van der Waals surface area (Å²) in [5, 5.41) is 8.35. The lowest BCUT2D eigenvalue weighted by Crippen LogP contribution is -2.23. The first-order chi connectivity index (χ1) is 11.8. The maximum Gasteiger partial charge on any atom is 0.137 e. The molecule has 3 aromatic rings. The molecule has 0 aliphatic heterocycles. The Kier molecular flexibility index (Phi) is 5.75. The number of hydrogen-bond donors (Lipinski definition) is 0. The fourth-order valence-corrected chi connectivity index (χ4v) is 2.82. The molecule has 2 aromatic carbocycles. The van der Waals surface area contributed by atoms with Crippen molar-refractivity contribution in [3.63, 3.8) is 0 Å². The molecule has 1 aromatic heterocycles. The van der Waals surface area contributed by atoms with Crippen LogP contribution >= 0.6 is 0 Å². The van der Waals surface area contributed by atoms with Crippen LogP contribution in [0, 0.1) is 0 Å². The molecule has 24 heavy (non-hydrogen) atoms. The van der Waals surface area contributed by atoms with Gasteiger partial charge in [0.1, 0.15) is 12.2 Å². The summed E-state index contributed by atoms with van der Waals surface area (Å²) in [5.74, 6) is 1.03. The zero-order chi connectivity index (χ0) is 16.6. The standard InChI is InChI=1S/C20H24N4/c1-23(16-14-18-9-4-2-5-10-18)15-8-13-20-22-21-17-24(20)19-11-6-3-7-12-19/h2-7,9-12,17H,8,13-16H2,1H3. The number of aromatic nitrogens is 3. The Morgan fingerprint density at radius 1 is 0.875 bits per heavy atom. The summed E-state index contributed by atoms with van der Waals surface area (Å²) in [4.78, 5) is 2.39. The number of rotatable bonds is 8. The van der Waals surface area contributed by atoms with Crippen LogP contribution in [0.5, 0.6) is 0 Å². The molecule has 0 saturated heterocycles. The second-order valence-corrected chi connectivity index (χ2v) is 6.10. The van der Waals surface area contributed by atoms with Gasteiger partial charge in [-0.25, -0.2) is 0 Å². The van der Waals surface area contributed by atoms with E-state index in [-0.39, 0.29) is 0 Å². The van der Waals surface area contributed by atoms with E-state index in [1.165, 1.54) is 5.56 Å². The van der Waals surface area contributed by atoms with Crippen LogP contribution in [0.3, 0.4) is 0 Å². The average molecular weight is 320 g/mol. The van der Waals surface area contributed by atoms with Gasteiger partial charge in [0.2, 0.25) is 0 Å². The molecular weight excluding hydrogens is 296 g/mol. The highest BCUT2D eigenvalue weighted by Crippen LogP contribution is 2.10. The summed E-state index contributed by atoms with van der Waals surface area (Å²) in [6.07, 6.45) is 4.91.